The third kappa shape index (κ3) is 1480. The fourth-order valence-electron chi connectivity index (χ4n) is 0. The van der Waals surface area contributed by atoms with Crippen LogP contribution >= 0.6 is 31.7 Å². The van der Waals surface area contributed by atoms with Crippen LogP contribution < -0.4 is 0 Å². The van der Waals surface area contributed by atoms with Gasteiger partial charge in [-0.05, 0) is 80.0 Å². The lowest BCUT2D eigenvalue weighted by Gasteiger charge is -1.81. The van der Waals surface area contributed by atoms with Crippen molar-refractivity contribution in [1.82, 2.24) is 0 Å². The van der Waals surface area contributed by atoms with Crippen LogP contribution in [-0.4, -0.2) is 80.0 Å². The molecule has 0 aromatic heterocycles. The molecule has 0 heterocycles. The van der Waals surface area contributed by atoms with Crippen molar-refractivity contribution < 1.29 is 0 Å². The molecule has 0 rings (SSSR count). The molecular formula is C13H40P4. The van der Waals surface area contributed by atoms with E-state index in [1.807, 2.05) is 0 Å². The lowest BCUT2D eigenvalue weighted by atomic mass is 11.9. The topological polar surface area (TPSA) is 0 Å². The van der Waals surface area contributed by atoms with Crippen LogP contribution in [0, 0.1) is 0 Å². The third-order valence-corrected chi connectivity index (χ3v) is 0. The molecule has 0 aliphatic carbocycles. The zero-order valence-electron chi connectivity index (χ0n) is 13.8. The second-order valence-electron chi connectivity index (χ2n) is 5.37. The molecule has 0 radical (unpaired) electrons. The standard InChI is InChI=1S/4C3H9P.CH4/c4*1-4(2)3;/h4*1-3H3;1H4. The van der Waals surface area contributed by atoms with Crippen LogP contribution in [0.3, 0.4) is 0 Å². The Morgan fingerprint density at radius 2 is 0.294 bits per heavy atom. The number of hydrogen-bond donors (Lipinski definition) is 0. The minimum Gasteiger partial charge on any atom is -0.116 e. The molecule has 17 heavy (non-hydrogen) atoms. The lowest BCUT2D eigenvalue weighted by molar-refractivity contribution is 2.13. The SMILES string of the molecule is C.CP(C)C.CP(C)C.CP(C)C.CP(C)C. The Kier molecular flexibility index (Phi) is 48.3. The molecule has 4 heteroatoms. The average molecular weight is 320 g/mol. The maximum atomic E-state index is 2.23. The summed E-state index contributed by atoms with van der Waals surface area (Å²) in [6.45, 7) is 26.8. The molecule has 0 aliphatic rings. The van der Waals surface area contributed by atoms with E-state index in [2.05, 4.69) is 80.0 Å². The first-order valence-corrected chi connectivity index (χ1v) is 16.1. The van der Waals surface area contributed by atoms with Gasteiger partial charge in [-0.15, -0.1) is 31.7 Å². The summed E-state index contributed by atoms with van der Waals surface area (Å²) in [4.78, 5) is 0. The molecule has 0 aromatic carbocycles. The van der Waals surface area contributed by atoms with Crippen molar-refractivity contribution in [2.45, 2.75) is 7.43 Å². The van der Waals surface area contributed by atoms with Gasteiger partial charge in [0, 0.05) is 0 Å². The van der Waals surface area contributed by atoms with E-state index in [0.717, 1.165) is 0 Å². The van der Waals surface area contributed by atoms with Gasteiger partial charge in [0.05, 0.1) is 0 Å². The van der Waals surface area contributed by atoms with Crippen LogP contribution in [0.4, 0.5) is 0 Å². The van der Waals surface area contributed by atoms with E-state index < -0.39 is 0 Å². The first kappa shape index (κ1) is 31.2. The Labute approximate surface area is 119 Å². The Morgan fingerprint density at radius 1 is 0.294 bits per heavy atom. The van der Waals surface area contributed by atoms with Crippen molar-refractivity contribution in [3.05, 3.63) is 0 Å². The summed E-state index contributed by atoms with van der Waals surface area (Å²) in [6, 6.07) is 0. The van der Waals surface area contributed by atoms with Gasteiger partial charge in [0.25, 0.3) is 0 Å². The maximum absolute atomic E-state index is 2.23. The summed E-state index contributed by atoms with van der Waals surface area (Å²) in [5.74, 6) is 0. The minimum atomic E-state index is 0. The van der Waals surface area contributed by atoms with E-state index in [0.29, 0.717) is 31.7 Å². The van der Waals surface area contributed by atoms with Gasteiger partial charge in [-0.3, -0.25) is 0 Å². The predicted molar refractivity (Wildman–Crippen MR) is 105 cm³/mol. The van der Waals surface area contributed by atoms with Crippen molar-refractivity contribution in [2.24, 2.45) is 0 Å². The molecule has 0 unspecified atom stereocenters. The molecule has 0 aliphatic heterocycles. The largest absolute Gasteiger partial charge is 0.116 e. The normalized spacial score (nSPS) is 8.47. The third-order valence-electron chi connectivity index (χ3n) is 0. The van der Waals surface area contributed by atoms with Crippen LogP contribution in [0.5, 0.6) is 0 Å². The van der Waals surface area contributed by atoms with Crippen LogP contribution in [-0.2, 0) is 0 Å². The molecule has 0 amide bonds. The van der Waals surface area contributed by atoms with E-state index in [-0.39, 0.29) is 7.43 Å². The zero-order valence-corrected chi connectivity index (χ0v) is 17.4. The van der Waals surface area contributed by atoms with Crippen molar-refractivity contribution in [3.8, 4) is 0 Å². The Morgan fingerprint density at radius 3 is 0.294 bits per heavy atom. The number of hydrogen-bond acceptors (Lipinski definition) is 0. The molecule has 0 N–H and O–H groups in total. The Hall–Kier alpha value is 1.72. The molecule has 0 spiro atoms. The summed E-state index contributed by atoms with van der Waals surface area (Å²) in [5.41, 5.74) is 0. The summed E-state index contributed by atoms with van der Waals surface area (Å²) >= 11 is 0. The van der Waals surface area contributed by atoms with Gasteiger partial charge in [0.15, 0.2) is 0 Å². The monoisotopic (exact) mass is 320 g/mol. The molecule has 0 atom stereocenters. The van der Waals surface area contributed by atoms with Crippen molar-refractivity contribution in [1.29, 1.82) is 0 Å². The van der Waals surface area contributed by atoms with Crippen LogP contribution in [0.1, 0.15) is 7.43 Å². The van der Waals surface area contributed by atoms with Crippen LogP contribution in [0.15, 0.2) is 0 Å². The highest BCUT2D eigenvalue weighted by Gasteiger charge is 1.66. The smallest absolute Gasteiger partial charge is 0.0449 e. The van der Waals surface area contributed by atoms with E-state index in [1.165, 1.54) is 0 Å². The number of rotatable bonds is 0. The Balaban J connectivity index is -0.0000000369. The fraction of sp³-hybridized carbons (Fsp3) is 1.00. The molecule has 112 valence electrons. The highest BCUT2D eigenvalue weighted by molar-refractivity contribution is 7.55. The van der Waals surface area contributed by atoms with Gasteiger partial charge in [-0.25, -0.2) is 0 Å². The summed E-state index contributed by atoms with van der Waals surface area (Å²) in [5, 5.41) is 0. The highest BCUT2D eigenvalue weighted by Crippen LogP contribution is 2.15. The van der Waals surface area contributed by atoms with Gasteiger partial charge in [-0.2, -0.15) is 0 Å². The fourth-order valence-corrected chi connectivity index (χ4v) is 0. The van der Waals surface area contributed by atoms with Crippen molar-refractivity contribution in [3.63, 3.8) is 0 Å². The summed E-state index contributed by atoms with van der Waals surface area (Å²) in [6.07, 6.45) is 0. The predicted octanol–water partition coefficient (Wildman–Crippen LogP) is 6.07. The molecule has 0 aromatic rings. The van der Waals surface area contributed by atoms with E-state index in [1.54, 1.807) is 0 Å². The second kappa shape index (κ2) is 26.3. The van der Waals surface area contributed by atoms with Crippen LogP contribution in [0.2, 0.25) is 0 Å². The second-order valence-corrected chi connectivity index (χ2v) is 16.1. The van der Waals surface area contributed by atoms with Gasteiger partial charge in [-0.1, -0.05) is 7.43 Å². The maximum Gasteiger partial charge on any atom is -0.0449 e. The molecule has 0 fully saturated rings. The molecule has 0 nitrogen and oxygen atoms in total. The molecule has 0 bridgehead atoms. The van der Waals surface area contributed by atoms with Gasteiger partial charge >= 0.3 is 0 Å². The Bertz CT molecular complexity index is 56.4. The highest BCUT2D eigenvalue weighted by atomic mass is 31.1. The molecular weight excluding hydrogens is 280 g/mol. The quantitative estimate of drug-likeness (QED) is 0.475. The molecule has 0 saturated carbocycles. The average Bonchev–Trinajstić information content (AvgIpc) is 1.76. The zero-order chi connectivity index (χ0) is 14.3. The molecule has 0 saturated heterocycles. The van der Waals surface area contributed by atoms with Crippen molar-refractivity contribution in [2.75, 3.05) is 80.0 Å². The van der Waals surface area contributed by atoms with Gasteiger partial charge in [0.1, 0.15) is 0 Å². The van der Waals surface area contributed by atoms with E-state index >= 15 is 0 Å². The lowest BCUT2D eigenvalue weighted by Crippen LogP contribution is -1.48. The van der Waals surface area contributed by atoms with Crippen molar-refractivity contribution >= 4 is 31.7 Å². The van der Waals surface area contributed by atoms with Gasteiger partial charge < -0.3 is 0 Å². The minimum absolute atomic E-state index is 0. The van der Waals surface area contributed by atoms with E-state index in [9.17, 15) is 0 Å². The summed E-state index contributed by atoms with van der Waals surface area (Å²) in [7, 11) is 1.52. The summed E-state index contributed by atoms with van der Waals surface area (Å²) < 4.78 is 0. The first-order chi connectivity index (χ1) is 6.93. The van der Waals surface area contributed by atoms with Crippen LogP contribution in [0.25, 0.3) is 0 Å². The first-order valence-electron chi connectivity index (χ1n) is 5.37. The van der Waals surface area contributed by atoms with E-state index in [4.69, 9.17) is 0 Å². The van der Waals surface area contributed by atoms with Gasteiger partial charge in [0.2, 0.25) is 0 Å².